The summed E-state index contributed by atoms with van der Waals surface area (Å²) in [5, 5.41) is 3.55. The molecule has 214 valence electrons. The monoisotopic (exact) mass is 569 g/mol. The van der Waals surface area contributed by atoms with Gasteiger partial charge in [-0.1, -0.05) is 125 Å². The van der Waals surface area contributed by atoms with Crippen LogP contribution in [0.15, 0.2) is 128 Å². The van der Waals surface area contributed by atoms with Gasteiger partial charge in [0.05, 0.1) is 5.41 Å². The summed E-state index contributed by atoms with van der Waals surface area (Å²) in [7, 11) is 2.00. The molecule has 3 aromatic rings. The van der Waals surface area contributed by atoms with Crippen LogP contribution in [0.25, 0.3) is 22.8 Å². The molecule has 0 aliphatic heterocycles. The Morgan fingerprint density at radius 1 is 0.952 bits per heavy atom. The molecule has 0 bridgehead atoms. The van der Waals surface area contributed by atoms with Crippen LogP contribution in [-0.4, -0.2) is 7.05 Å². The maximum Gasteiger partial charge on any atom is 0.0860 e. The highest BCUT2D eigenvalue weighted by Gasteiger charge is 2.48. The molecule has 1 N–H and O–H groups in total. The average molecular weight is 570 g/mol. The molecule has 1 aromatic heterocycles. The standard InChI is InChI=1S/C38H37NS.C2H6/c1-7-11-17-28(10-4)38(36(39-6)16-9-3)33-21-14-13-19-31(33)32-24-23-27(25-34(32)38)30-20-15-22-35-37(30)29(18-12-8-2)26(5)40-35;1-2/h7-14,16-21,23-25,39H,2-4,15,22H2,1,5-6H3;1-2H3/b11-7-,18-12-,28-17+,36-16-;. The largest absolute Gasteiger partial charge is 0.390 e. The third-order valence-corrected chi connectivity index (χ3v) is 9.21. The number of fused-ring (bicyclic) bond motifs is 4. The minimum Gasteiger partial charge on any atom is -0.390 e. The summed E-state index contributed by atoms with van der Waals surface area (Å²) in [6, 6.07) is 15.8. The number of hydrogen-bond acceptors (Lipinski definition) is 2. The van der Waals surface area contributed by atoms with Crippen molar-refractivity contribution in [1.82, 2.24) is 5.32 Å². The molecule has 1 heterocycles. The van der Waals surface area contributed by atoms with E-state index >= 15 is 0 Å². The van der Waals surface area contributed by atoms with Gasteiger partial charge in [-0.25, -0.2) is 0 Å². The maximum atomic E-state index is 4.30. The van der Waals surface area contributed by atoms with Gasteiger partial charge in [-0.15, -0.1) is 11.3 Å². The second-order valence-corrected chi connectivity index (χ2v) is 11.4. The third kappa shape index (κ3) is 5.05. The van der Waals surface area contributed by atoms with Gasteiger partial charge >= 0.3 is 0 Å². The molecular weight excluding hydrogens is 527 g/mol. The van der Waals surface area contributed by atoms with Crippen LogP contribution in [-0.2, 0) is 11.8 Å². The Kier molecular flexibility index (Phi) is 10.0. The van der Waals surface area contributed by atoms with Crippen LogP contribution in [0.1, 0.15) is 64.8 Å². The predicted octanol–water partition coefficient (Wildman–Crippen LogP) is 10.9. The van der Waals surface area contributed by atoms with Gasteiger partial charge in [0, 0.05) is 28.1 Å². The zero-order chi connectivity index (χ0) is 30.3. The predicted molar refractivity (Wildman–Crippen MR) is 188 cm³/mol. The number of allylic oxidation sites excluding steroid dienone is 10. The Morgan fingerprint density at radius 3 is 2.40 bits per heavy atom. The van der Waals surface area contributed by atoms with Crippen LogP contribution < -0.4 is 5.32 Å². The van der Waals surface area contributed by atoms with Crippen LogP contribution in [0.3, 0.4) is 0 Å². The molecule has 5 rings (SSSR count). The summed E-state index contributed by atoms with van der Waals surface area (Å²) in [5.41, 5.74) is 11.9. The highest BCUT2D eigenvalue weighted by atomic mass is 32.1. The summed E-state index contributed by atoms with van der Waals surface area (Å²) in [5.74, 6) is 0. The van der Waals surface area contributed by atoms with E-state index in [1.54, 1.807) is 0 Å². The minimum atomic E-state index is -0.555. The van der Waals surface area contributed by atoms with E-state index in [1.807, 2.05) is 63.5 Å². The Bertz CT molecular complexity index is 1650. The summed E-state index contributed by atoms with van der Waals surface area (Å²) in [6.45, 7) is 20.6. The van der Waals surface area contributed by atoms with Crippen molar-refractivity contribution < 1.29 is 0 Å². The maximum absolute atomic E-state index is 4.30. The smallest absolute Gasteiger partial charge is 0.0860 e. The molecule has 0 radical (unpaired) electrons. The van der Waals surface area contributed by atoms with Crippen molar-refractivity contribution in [2.24, 2.45) is 0 Å². The Balaban J connectivity index is 0.00000198. The molecule has 1 nitrogen and oxygen atoms in total. The minimum absolute atomic E-state index is 0.555. The number of thiophene rings is 1. The average Bonchev–Trinajstić information content (AvgIpc) is 3.51. The van der Waals surface area contributed by atoms with Gasteiger partial charge in [0.25, 0.3) is 0 Å². The van der Waals surface area contributed by atoms with Gasteiger partial charge < -0.3 is 5.32 Å². The van der Waals surface area contributed by atoms with Crippen molar-refractivity contribution in [1.29, 1.82) is 0 Å². The quantitative estimate of drug-likeness (QED) is 0.253. The lowest BCUT2D eigenvalue weighted by Crippen LogP contribution is -2.35. The van der Waals surface area contributed by atoms with Crippen LogP contribution in [0.4, 0.5) is 0 Å². The van der Waals surface area contributed by atoms with E-state index in [4.69, 9.17) is 0 Å². The first kappa shape index (κ1) is 30.8. The fourth-order valence-corrected chi connectivity index (χ4v) is 7.62. The van der Waals surface area contributed by atoms with Gasteiger partial charge in [-0.3, -0.25) is 0 Å². The van der Waals surface area contributed by atoms with E-state index < -0.39 is 5.41 Å². The SMILES string of the molecule is C=C/C=C\c1c(C)sc2c1C(c1ccc3c(c1)C(/C(=C/C=C)NC)(/C(C=C)=C/C=C\C)c1ccccc1-3)=CCC2.CC. The van der Waals surface area contributed by atoms with E-state index in [1.165, 1.54) is 54.3 Å². The van der Waals surface area contributed by atoms with Crippen LogP contribution >= 0.6 is 11.3 Å². The molecule has 0 fully saturated rings. The van der Waals surface area contributed by atoms with Crippen LogP contribution in [0.2, 0.25) is 0 Å². The number of benzene rings is 2. The first-order valence-electron chi connectivity index (χ1n) is 14.9. The molecule has 0 amide bonds. The fraction of sp³-hybridized carbons (Fsp3) is 0.200. The van der Waals surface area contributed by atoms with Gasteiger partial charge in [-0.05, 0) is 83.4 Å². The molecule has 0 spiro atoms. The molecule has 1 atom stereocenters. The van der Waals surface area contributed by atoms with E-state index in [0.29, 0.717) is 0 Å². The molecule has 2 aliphatic rings. The van der Waals surface area contributed by atoms with Crippen molar-refractivity contribution >= 4 is 23.0 Å². The highest BCUT2D eigenvalue weighted by molar-refractivity contribution is 7.12. The zero-order valence-electron chi connectivity index (χ0n) is 25.8. The van der Waals surface area contributed by atoms with Crippen molar-refractivity contribution in [3.05, 3.63) is 166 Å². The van der Waals surface area contributed by atoms with Gasteiger partial charge in [0.2, 0.25) is 0 Å². The topological polar surface area (TPSA) is 12.0 Å². The van der Waals surface area contributed by atoms with Gasteiger partial charge in [0.1, 0.15) is 0 Å². The second kappa shape index (κ2) is 13.7. The zero-order valence-corrected chi connectivity index (χ0v) is 26.6. The number of aryl methyl sites for hydroxylation is 2. The normalized spacial score (nSPS) is 17.6. The van der Waals surface area contributed by atoms with E-state index in [0.717, 1.165) is 24.1 Å². The second-order valence-electron chi connectivity index (χ2n) is 10.1. The van der Waals surface area contributed by atoms with Crippen molar-refractivity contribution in [3.8, 4) is 11.1 Å². The highest BCUT2D eigenvalue weighted by Crippen LogP contribution is 2.57. The van der Waals surface area contributed by atoms with Gasteiger partial charge in [0.15, 0.2) is 0 Å². The van der Waals surface area contributed by atoms with Crippen molar-refractivity contribution in [3.63, 3.8) is 0 Å². The van der Waals surface area contributed by atoms with Crippen molar-refractivity contribution in [2.75, 3.05) is 7.05 Å². The van der Waals surface area contributed by atoms with Crippen LogP contribution in [0, 0.1) is 6.92 Å². The van der Waals surface area contributed by atoms with E-state index in [-0.39, 0.29) is 0 Å². The fourth-order valence-electron chi connectivity index (χ4n) is 6.43. The molecule has 2 heteroatoms. The van der Waals surface area contributed by atoms with E-state index in [9.17, 15) is 0 Å². The molecule has 0 saturated carbocycles. The number of nitrogens with one attached hydrogen (secondary N) is 1. The Morgan fingerprint density at radius 2 is 1.71 bits per heavy atom. The lowest BCUT2D eigenvalue weighted by atomic mass is 9.68. The lowest BCUT2D eigenvalue weighted by molar-refractivity contribution is 0.681. The first-order chi connectivity index (χ1) is 20.6. The molecular formula is C40H43NS. The van der Waals surface area contributed by atoms with Crippen LogP contribution in [0.5, 0.6) is 0 Å². The summed E-state index contributed by atoms with van der Waals surface area (Å²) in [4.78, 5) is 2.82. The molecule has 2 aliphatic carbocycles. The summed E-state index contributed by atoms with van der Waals surface area (Å²) in [6.07, 6.45) is 23.0. The molecule has 42 heavy (non-hydrogen) atoms. The van der Waals surface area contributed by atoms with E-state index in [2.05, 4.69) is 111 Å². The first-order valence-corrected chi connectivity index (χ1v) is 15.7. The molecule has 1 unspecified atom stereocenters. The third-order valence-electron chi connectivity index (χ3n) is 8.03. The molecule has 0 saturated heterocycles. The number of rotatable bonds is 9. The summed E-state index contributed by atoms with van der Waals surface area (Å²) < 4.78 is 0. The Labute approximate surface area is 257 Å². The van der Waals surface area contributed by atoms with Gasteiger partial charge in [-0.2, -0.15) is 0 Å². The van der Waals surface area contributed by atoms with Crippen molar-refractivity contribution in [2.45, 2.75) is 46.0 Å². The molecule has 2 aromatic carbocycles. The summed E-state index contributed by atoms with van der Waals surface area (Å²) >= 11 is 1.93. The number of hydrogen-bond donors (Lipinski definition) is 1. The Hall–Kier alpha value is -4.14. The lowest BCUT2D eigenvalue weighted by Gasteiger charge is -2.36. The number of likely N-dealkylation sites (N-methyl/N-ethyl adjacent to an activating group) is 1.